The Morgan fingerprint density at radius 2 is 2.16 bits per heavy atom. The second-order valence-electron chi connectivity index (χ2n) is 4.47. The van der Waals surface area contributed by atoms with Gasteiger partial charge < -0.3 is 4.42 Å². The van der Waals surface area contributed by atoms with Gasteiger partial charge in [0.05, 0.1) is 4.83 Å². The molecule has 0 bridgehead atoms. The highest BCUT2D eigenvalue weighted by Gasteiger charge is 2.15. The molecule has 1 unspecified atom stereocenters. The smallest absolute Gasteiger partial charge is 0.183 e. The number of hydrogen-bond donors (Lipinski definition) is 0. The molecule has 1 aromatic carbocycles. The molecule has 1 atom stereocenters. The summed E-state index contributed by atoms with van der Waals surface area (Å²) in [6.45, 7) is 4.19. The van der Waals surface area contributed by atoms with E-state index in [2.05, 4.69) is 46.0 Å². The molecule has 0 fully saturated rings. The number of hydrogen-bond acceptors (Lipinski definition) is 4. The summed E-state index contributed by atoms with van der Waals surface area (Å²) >= 11 is 5.17. The van der Waals surface area contributed by atoms with Crippen LogP contribution in [0.4, 0.5) is 0 Å². The van der Waals surface area contributed by atoms with Crippen molar-refractivity contribution >= 4 is 38.2 Å². The van der Waals surface area contributed by atoms with Gasteiger partial charge in [-0.05, 0) is 31.5 Å². The Kier molecular flexibility index (Phi) is 3.41. The van der Waals surface area contributed by atoms with Crippen molar-refractivity contribution in [2.45, 2.75) is 25.1 Å². The first-order valence-electron chi connectivity index (χ1n) is 6.15. The third kappa shape index (κ3) is 2.44. The van der Waals surface area contributed by atoms with Gasteiger partial charge in [0.2, 0.25) is 0 Å². The van der Waals surface area contributed by atoms with Gasteiger partial charge in [-0.2, -0.15) is 0 Å². The minimum Gasteiger partial charge on any atom is -0.453 e. The van der Waals surface area contributed by atoms with E-state index >= 15 is 0 Å². The molecular formula is C14H13BrN2OS. The maximum atomic E-state index is 5.83. The number of furan rings is 1. The van der Waals surface area contributed by atoms with E-state index in [1.807, 2.05) is 18.2 Å². The monoisotopic (exact) mass is 336 g/mol. The fraction of sp³-hybridized carbons (Fsp3) is 0.286. The van der Waals surface area contributed by atoms with Gasteiger partial charge in [0.15, 0.2) is 10.8 Å². The average molecular weight is 337 g/mol. The van der Waals surface area contributed by atoms with Crippen molar-refractivity contribution in [1.82, 2.24) is 10.2 Å². The van der Waals surface area contributed by atoms with E-state index in [0.717, 1.165) is 33.2 Å². The molecular weight excluding hydrogens is 324 g/mol. The quantitative estimate of drug-likeness (QED) is 0.624. The Hall–Kier alpha value is -1.20. The molecule has 0 aliphatic carbocycles. The Bertz CT molecular complexity index is 719. The van der Waals surface area contributed by atoms with E-state index in [1.165, 1.54) is 5.56 Å². The highest BCUT2D eigenvalue weighted by molar-refractivity contribution is 9.09. The van der Waals surface area contributed by atoms with E-state index in [1.54, 1.807) is 11.3 Å². The second-order valence-corrected chi connectivity index (χ2v) is 6.59. The van der Waals surface area contributed by atoms with Crippen LogP contribution >= 0.6 is 27.3 Å². The number of nitrogens with zero attached hydrogens (tertiary/aromatic N) is 2. The van der Waals surface area contributed by atoms with E-state index in [0.29, 0.717) is 0 Å². The summed E-state index contributed by atoms with van der Waals surface area (Å²) in [4.78, 5) is 0.269. The number of aromatic nitrogens is 2. The molecule has 3 aromatic rings. The van der Waals surface area contributed by atoms with Crippen molar-refractivity contribution < 1.29 is 4.42 Å². The topological polar surface area (TPSA) is 38.9 Å². The van der Waals surface area contributed by atoms with Gasteiger partial charge in [0, 0.05) is 5.39 Å². The minimum atomic E-state index is 0.269. The number of alkyl halides is 1. The number of halogens is 1. The fourth-order valence-corrected chi connectivity index (χ4v) is 3.13. The van der Waals surface area contributed by atoms with E-state index in [9.17, 15) is 0 Å². The third-order valence-electron chi connectivity index (χ3n) is 2.95. The lowest BCUT2D eigenvalue weighted by Crippen LogP contribution is -1.84. The van der Waals surface area contributed by atoms with Crippen molar-refractivity contribution in [1.29, 1.82) is 0 Å². The standard InChI is InChI=1S/C14H13BrN2OS/c1-3-10(15)13-16-17-14(19-13)12-7-9-6-8(2)4-5-11(9)18-12/h4-7,10H,3H2,1-2H3. The summed E-state index contributed by atoms with van der Waals surface area (Å²) in [7, 11) is 0. The van der Waals surface area contributed by atoms with Crippen LogP contribution in [0.5, 0.6) is 0 Å². The van der Waals surface area contributed by atoms with Crippen molar-refractivity contribution in [2.24, 2.45) is 0 Å². The molecule has 0 amide bonds. The van der Waals surface area contributed by atoms with Crippen molar-refractivity contribution in [2.75, 3.05) is 0 Å². The highest BCUT2D eigenvalue weighted by atomic mass is 79.9. The van der Waals surface area contributed by atoms with Crippen molar-refractivity contribution in [3.63, 3.8) is 0 Å². The van der Waals surface area contributed by atoms with Gasteiger partial charge in [0.25, 0.3) is 0 Å². The van der Waals surface area contributed by atoms with Crippen LogP contribution in [0.3, 0.4) is 0 Å². The van der Waals surface area contributed by atoms with Crippen LogP contribution in [-0.2, 0) is 0 Å². The summed E-state index contributed by atoms with van der Waals surface area (Å²) in [5.74, 6) is 0.792. The first-order chi connectivity index (χ1) is 9.17. The summed E-state index contributed by atoms with van der Waals surface area (Å²) in [5, 5.41) is 11.4. The maximum absolute atomic E-state index is 5.83. The predicted octanol–water partition coefficient (Wildman–Crippen LogP) is 5.11. The summed E-state index contributed by atoms with van der Waals surface area (Å²) < 4.78 is 5.83. The number of rotatable bonds is 3. The summed E-state index contributed by atoms with van der Waals surface area (Å²) in [6, 6.07) is 8.19. The van der Waals surface area contributed by atoms with Gasteiger partial charge in [-0.3, -0.25) is 0 Å². The van der Waals surface area contributed by atoms with Crippen LogP contribution in [0.15, 0.2) is 28.7 Å². The molecule has 98 valence electrons. The molecule has 0 radical (unpaired) electrons. The van der Waals surface area contributed by atoms with Gasteiger partial charge in [0.1, 0.15) is 10.6 Å². The van der Waals surface area contributed by atoms with E-state index < -0.39 is 0 Å². The number of benzene rings is 1. The zero-order valence-electron chi connectivity index (χ0n) is 10.7. The number of aryl methyl sites for hydroxylation is 1. The normalized spacial score (nSPS) is 13.0. The fourth-order valence-electron chi connectivity index (χ4n) is 1.90. The SMILES string of the molecule is CCC(Br)c1nnc(-c2cc3cc(C)ccc3o2)s1. The summed E-state index contributed by atoms with van der Waals surface area (Å²) in [6.07, 6.45) is 0.994. The van der Waals surface area contributed by atoms with Gasteiger partial charge >= 0.3 is 0 Å². The zero-order chi connectivity index (χ0) is 13.4. The Balaban J connectivity index is 2.01. The zero-order valence-corrected chi connectivity index (χ0v) is 13.1. The first-order valence-corrected chi connectivity index (χ1v) is 7.88. The van der Waals surface area contributed by atoms with Crippen LogP contribution in [0, 0.1) is 6.92 Å². The van der Waals surface area contributed by atoms with Gasteiger partial charge in [-0.15, -0.1) is 10.2 Å². The van der Waals surface area contributed by atoms with E-state index in [4.69, 9.17) is 4.42 Å². The molecule has 19 heavy (non-hydrogen) atoms. The molecule has 0 aliphatic heterocycles. The molecule has 5 heteroatoms. The molecule has 2 aromatic heterocycles. The predicted molar refractivity (Wildman–Crippen MR) is 81.8 cm³/mol. The number of fused-ring (bicyclic) bond motifs is 1. The summed E-state index contributed by atoms with van der Waals surface area (Å²) in [5.41, 5.74) is 2.12. The van der Waals surface area contributed by atoms with Crippen LogP contribution in [0.2, 0.25) is 0 Å². The van der Waals surface area contributed by atoms with E-state index in [-0.39, 0.29) is 4.83 Å². The van der Waals surface area contributed by atoms with Crippen molar-refractivity contribution in [3.05, 3.63) is 34.8 Å². The molecule has 3 rings (SSSR count). The molecule has 0 spiro atoms. The molecule has 0 N–H and O–H groups in total. The van der Waals surface area contributed by atoms with Crippen LogP contribution in [-0.4, -0.2) is 10.2 Å². The van der Waals surface area contributed by atoms with Crippen LogP contribution in [0.25, 0.3) is 21.7 Å². The van der Waals surface area contributed by atoms with Crippen LogP contribution < -0.4 is 0 Å². The molecule has 3 nitrogen and oxygen atoms in total. The van der Waals surface area contributed by atoms with Gasteiger partial charge in [-0.25, -0.2) is 0 Å². The lowest BCUT2D eigenvalue weighted by Gasteiger charge is -1.97. The Labute approximate surface area is 123 Å². The maximum Gasteiger partial charge on any atom is 0.183 e. The van der Waals surface area contributed by atoms with Crippen LogP contribution in [0.1, 0.15) is 28.7 Å². The molecule has 2 heterocycles. The highest BCUT2D eigenvalue weighted by Crippen LogP contribution is 2.34. The lowest BCUT2D eigenvalue weighted by atomic mass is 10.2. The van der Waals surface area contributed by atoms with Crippen molar-refractivity contribution in [3.8, 4) is 10.8 Å². The Morgan fingerprint density at radius 3 is 2.95 bits per heavy atom. The third-order valence-corrected chi connectivity index (χ3v) is 5.39. The molecule has 0 aliphatic rings. The Morgan fingerprint density at radius 1 is 1.32 bits per heavy atom. The molecule has 0 saturated heterocycles. The lowest BCUT2D eigenvalue weighted by molar-refractivity contribution is 0.629. The second kappa shape index (κ2) is 5.06. The largest absolute Gasteiger partial charge is 0.453 e. The molecule has 0 saturated carbocycles. The average Bonchev–Trinajstić information content (AvgIpc) is 3.03. The first kappa shape index (κ1) is 12.8. The minimum absolute atomic E-state index is 0.269. The van der Waals surface area contributed by atoms with Gasteiger partial charge in [-0.1, -0.05) is 45.8 Å².